The summed E-state index contributed by atoms with van der Waals surface area (Å²) in [6.07, 6.45) is -4.38. The molecule has 0 bridgehead atoms. The van der Waals surface area contributed by atoms with Crippen LogP contribution in [0.1, 0.15) is 36.0 Å². The molecule has 3 aromatic rings. The third kappa shape index (κ3) is 6.00. The molecule has 166 valence electrons. The molecule has 0 aliphatic carbocycles. The first-order valence-electron chi connectivity index (χ1n) is 10.00. The van der Waals surface area contributed by atoms with Crippen LogP contribution in [0.4, 0.5) is 13.2 Å². The van der Waals surface area contributed by atoms with Crippen molar-refractivity contribution in [3.05, 3.63) is 102 Å². The lowest BCUT2D eigenvalue weighted by molar-refractivity contribution is -0.138. The summed E-state index contributed by atoms with van der Waals surface area (Å²) in [6.45, 7) is 5.97. The smallest absolute Gasteiger partial charge is 0.416 e. The van der Waals surface area contributed by atoms with Crippen LogP contribution in [0, 0.1) is 0 Å². The van der Waals surface area contributed by atoms with Gasteiger partial charge in [-0.3, -0.25) is 4.79 Å². The maximum absolute atomic E-state index is 12.8. The quantitative estimate of drug-likeness (QED) is 0.381. The topological polar surface area (TPSA) is 46.5 Å². The van der Waals surface area contributed by atoms with Crippen molar-refractivity contribution in [2.24, 2.45) is 0 Å². The molecular formula is C26H23F3O3. The van der Waals surface area contributed by atoms with E-state index in [-0.39, 0.29) is 18.9 Å². The highest BCUT2D eigenvalue weighted by atomic mass is 19.4. The number of allylic oxidation sites excluding steroid dienone is 1. The van der Waals surface area contributed by atoms with Crippen LogP contribution in [0.5, 0.6) is 5.75 Å². The minimum Gasteiger partial charge on any atom is -0.489 e. The minimum atomic E-state index is -4.36. The molecule has 6 heteroatoms. The summed E-state index contributed by atoms with van der Waals surface area (Å²) in [5.41, 5.74) is 3.32. The summed E-state index contributed by atoms with van der Waals surface area (Å²) < 4.78 is 44.1. The van der Waals surface area contributed by atoms with Gasteiger partial charge < -0.3 is 9.84 Å². The summed E-state index contributed by atoms with van der Waals surface area (Å²) in [4.78, 5) is 11.1. The number of benzene rings is 3. The van der Waals surface area contributed by atoms with Gasteiger partial charge in [-0.05, 0) is 59.5 Å². The van der Waals surface area contributed by atoms with Crippen LogP contribution < -0.4 is 4.74 Å². The van der Waals surface area contributed by atoms with Crippen molar-refractivity contribution in [3.8, 4) is 16.9 Å². The average molecular weight is 440 g/mol. The van der Waals surface area contributed by atoms with Crippen LogP contribution >= 0.6 is 0 Å². The molecule has 0 amide bonds. The molecule has 0 aliphatic rings. The largest absolute Gasteiger partial charge is 0.489 e. The Hall–Kier alpha value is -3.54. The van der Waals surface area contributed by atoms with Crippen molar-refractivity contribution in [2.45, 2.75) is 32.0 Å². The van der Waals surface area contributed by atoms with Gasteiger partial charge in [0.25, 0.3) is 0 Å². The first kappa shape index (κ1) is 23.1. The fourth-order valence-electron chi connectivity index (χ4n) is 3.41. The summed E-state index contributed by atoms with van der Waals surface area (Å²) >= 11 is 0. The van der Waals surface area contributed by atoms with E-state index in [1.807, 2.05) is 43.3 Å². The Labute approximate surface area is 184 Å². The molecule has 3 nitrogen and oxygen atoms in total. The van der Waals surface area contributed by atoms with E-state index in [1.165, 1.54) is 12.1 Å². The van der Waals surface area contributed by atoms with Crippen LogP contribution in [0.15, 0.2) is 84.9 Å². The maximum Gasteiger partial charge on any atom is 0.416 e. The Balaban J connectivity index is 1.67. The average Bonchev–Trinajstić information content (AvgIpc) is 2.76. The standard InChI is InChI=1S/C26H23F3O3/c1-17(2)24(15-25(30)31)20-8-12-23(13-9-20)32-16-18-4-3-5-21(14-18)19-6-10-22(11-7-19)26(27,28)29/h3-14,24H,1,15-16H2,2H3,(H,30,31)/t24-/m1/s1. The van der Waals surface area contributed by atoms with Crippen LogP contribution in [0.25, 0.3) is 11.1 Å². The highest BCUT2D eigenvalue weighted by molar-refractivity contribution is 5.69. The van der Waals surface area contributed by atoms with E-state index >= 15 is 0 Å². The van der Waals surface area contributed by atoms with E-state index in [0.29, 0.717) is 11.3 Å². The molecule has 0 spiro atoms. The third-order valence-corrected chi connectivity index (χ3v) is 5.13. The van der Waals surface area contributed by atoms with E-state index in [0.717, 1.165) is 34.4 Å². The zero-order chi connectivity index (χ0) is 23.3. The normalized spacial score (nSPS) is 12.2. The van der Waals surface area contributed by atoms with Gasteiger partial charge >= 0.3 is 12.1 Å². The predicted octanol–water partition coefficient (Wildman–Crippen LogP) is 7.09. The zero-order valence-electron chi connectivity index (χ0n) is 17.5. The van der Waals surface area contributed by atoms with Gasteiger partial charge in [0.2, 0.25) is 0 Å². The summed E-state index contributed by atoms with van der Waals surface area (Å²) in [6, 6.07) is 19.7. The molecule has 0 saturated carbocycles. The van der Waals surface area contributed by atoms with Gasteiger partial charge in [-0.1, -0.05) is 54.6 Å². The first-order chi connectivity index (χ1) is 15.1. The van der Waals surface area contributed by atoms with Crippen LogP contribution in [0.3, 0.4) is 0 Å². The van der Waals surface area contributed by atoms with Crippen LogP contribution in [-0.4, -0.2) is 11.1 Å². The lowest BCUT2D eigenvalue weighted by Gasteiger charge is -2.16. The van der Waals surface area contributed by atoms with Gasteiger partial charge in [0.15, 0.2) is 0 Å². The molecule has 1 atom stereocenters. The number of aliphatic carboxylic acids is 1. The Morgan fingerprint density at radius 1 is 1.00 bits per heavy atom. The predicted molar refractivity (Wildman–Crippen MR) is 117 cm³/mol. The van der Waals surface area contributed by atoms with E-state index in [2.05, 4.69) is 6.58 Å². The molecule has 3 rings (SSSR count). The second kappa shape index (κ2) is 9.73. The molecular weight excluding hydrogens is 417 g/mol. The van der Waals surface area contributed by atoms with Crippen molar-refractivity contribution in [1.82, 2.24) is 0 Å². The van der Waals surface area contributed by atoms with Crippen molar-refractivity contribution in [3.63, 3.8) is 0 Å². The number of carboxylic acid groups (broad SMARTS) is 1. The van der Waals surface area contributed by atoms with Crippen molar-refractivity contribution in [1.29, 1.82) is 0 Å². The van der Waals surface area contributed by atoms with Crippen LogP contribution in [-0.2, 0) is 17.6 Å². The van der Waals surface area contributed by atoms with Gasteiger partial charge in [0, 0.05) is 5.92 Å². The lowest BCUT2D eigenvalue weighted by atomic mass is 9.90. The summed E-state index contributed by atoms with van der Waals surface area (Å²) in [7, 11) is 0. The van der Waals surface area contributed by atoms with Gasteiger partial charge in [-0.2, -0.15) is 13.2 Å². The van der Waals surface area contributed by atoms with E-state index in [4.69, 9.17) is 9.84 Å². The molecule has 0 fully saturated rings. The van der Waals surface area contributed by atoms with Crippen molar-refractivity contribution in [2.75, 3.05) is 0 Å². The number of rotatable bonds is 8. The van der Waals surface area contributed by atoms with Crippen molar-refractivity contribution < 1.29 is 27.8 Å². The van der Waals surface area contributed by atoms with Gasteiger partial charge in [0.05, 0.1) is 12.0 Å². The molecule has 0 unspecified atom stereocenters. The fourth-order valence-corrected chi connectivity index (χ4v) is 3.41. The SMILES string of the molecule is C=C(C)[C@@H](CC(=O)O)c1ccc(OCc2cccc(-c3ccc(C(F)(F)F)cc3)c2)cc1. The summed E-state index contributed by atoms with van der Waals surface area (Å²) in [5, 5.41) is 9.10. The number of halogens is 3. The molecule has 3 aromatic carbocycles. The zero-order valence-corrected chi connectivity index (χ0v) is 17.5. The van der Waals surface area contributed by atoms with Gasteiger partial charge in [0.1, 0.15) is 12.4 Å². The number of carbonyl (C=O) groups is 1. The monoisotopic (exact) mass is 440 g/mol. The second-order valence-corrected chi connectivity index (χ2v) is 7.63. The Morgan fingerprint density at radius 2 is 1.66 bits per heavy atom. The molecule has 0 saturated heterocycles. The van der Waals surface area contributed by atoms with Gasteiger partial charge in [-0.15, -0.1) is 0 Å². The lowest BCUT2D eigenvalue weighted by Crippen LogP contribution is -2.07. The second-order valence-electron chi connectivity index (χ2n) is 7.63. The van der Waals surface area contributed by atoms with E-state index in [9.17, 15) is 18.0 Å². The summed E-state index contributed by atoms with van der Waals surface area (Å²) in [5.74, 6) is -0.516. The van der Waals surface area contributed by atoms with E-state index < -0.39 is 17.7 Å². The molecule has 32 heavy (non-hydrogen) atoms. The minimum absolute atomic E-state index is 0.0215. The highest BCUT2D eigenvalue weighted by Crippen LogP contribution is 2.31. The van der Waals surface area contributed by atoms with Crippen LogP contribution in [0.2, 0.25) is 0 Å². The molecule has 0 aliphatic heterocycles. The van der Waals surface area contributed by atoms with Gasteiger partial charge in [-0.25, -0.2) is 0 Å². The Morgan fingerprint density at radius 3 is 2.22 bits per heavy atom. The number of alkyl halides is 3. The fraction of sp³-hybridized carbons (Fsp3) is 0.192. The third-order valence-electron chi connectivity index (χ3n) is 5.13. The Bertz CT molecular complexity index is 1080. The van der Waals surface area contributed by atoms with E-state index in [1.54, 1.807) is 12.1 Å². The molecule has 1 N–H and O–H groups in total. The first-order valence-corrected chi connectivity index (χ1v) is 10.00. The number of hydrogen-bond donors (Lipinski definition) is 1. The molecule has 0 heterocycles. The highest BCUT2D eigenvalue weighted by Gasteiger charge is 2.29. The number of ether oxygens (including phenoxy) is 1. The maximum atomic E-state index is 12.8. The number of carboxylic acids is 1. The number of hydrogen-bond acceptors (Lipinski definition) is 2. The molecule has 0 radical (unpaired) electrons. The Kier molecular flexibility index (Phi) is 7.03. The molecule has 0 aromatic heterocycles. The van der Waals surface area contributed by atoms with Crippen molar-refractivity contribution >= 4 is 5.97 Å².